The van der Waals surface area contributed by atoms with Gasteiger partial charge in [0.15, 0.2) is 5.13 Å². The van der Waals surface area contributed by atoms with Crippen molar-refractivity contribution in [3.8, 4) is 0 Å². The maximum Gasteiger partial charge on any atom is 0.311 e. The molecule has 1 aromatic heterocycles. The highest BCUT2D eigenvalue weighted by atomic mass is 32.1. The van der Waals surface area contributed by atoms with Crippen molar-refractivity contribution in [2.45, 2.75) is 40.0 Å². The lowest BCUT2D eigenvalue weighted by Gasteiger charge is -2.04. The smallest absolute Gasteiger partial charge is 0.311 e. The minimum atomic E-state index is -0.214. The molecule has 0 aliphatic heterocycles. The number of esters is 1. The molecule has 0 saturated carbocycles. The van der Waals surface area contributed by atoms with Gasteiger partial charge in [0.25, 0.3) is 0 Å². The van der Waals surface area contributed by atoms with Crippen LogP contribution in [-0.4, -0.2) is 24.1 Å². The molecule has 0 bridgehead atoms. The minimum Gasteiger partial charge on any atom is -0.466 e. The Kier molecular flexibility index (Phi) is 6.72. The quantitative estimate of drug-likeness (QED) is 0.582. The summed E-state index contributed by atoms with van der Waals surface area (Å²) < 4.78 is 4.89. The van der Waals surface area contributed by atoms with Gasteiger partial charge in [0.2, 0.25) is 0 Å². The summed E-state index contributed by atoms with van der Waals surface area (Å²) in [5, 5.41) is 6.07. The number of carbonyl (C=O) groups is 1. The molecule has 0 aliphatic carbocycles. The van der Waals surface area contributed by atoms with E-state index < -0.39 is 0 Å². The van der Waals surface area contributed by atoms with Crippen LogP contribution in [0, 0.1) is 5.92 Å². The van der Waals surface area contributed by atoms with E-state index in [1.165, 1.54) is 17.8 Å². The average Bonchev–Trinajstić information content (AvgIpc) is 2.72. The number of nitrogens with one attached hydrogen (secondary N) is 1. The first-order valence-electron chi connectivity index (χ1n) is 6.45. The Labute approximate surface area is 113 Å². The first-order valence-corrected chi connectivity index (χ1v) is 7.33. The molecular weight excluding hydrogens is 248 g/mol. The van der Waals surface area contributed by atoms with Crippen molar-refractivity contribution in [3.63, 3.8) is 0 Å². The number of nitrogens with zero attached hydrogens (tertiary/aromatic N) is 1. The molecule has 1 aromatic rings. The van der Waals surface area contributed by atoms with Gasteiger partial charge >= 0.3 is 5.97 Å². The third-order valence-corrected chi connectivity index (χ3v) is 3.27. The summed E-state index contributed by atoms with van der Waals surface area (Å²) in [7, 11) is 0. The van der Waals surface area contributed by atoms with E-state index >= 15 is 0 Å². The van der Waals surface area contributed by atoms with Crippen LogP contribution in [0.1, 0.15) is 39.3 Å². The summed E-state index contributed by atoms with van der Waals surface area (Å²) in [5.41, 5.74) is 0.782. The van der Waals surface area contributed by atoms with Gasteiger partial charge in [-0.1, -0.05) is 13.8 Å². The molecule has 0 unspecified atom stereocenters. The Morgan fingerprint density at radius 1 is 1.56 bits per heavy atom. The fourth-order valence-corrected chi connectivity index (χ4v) is 2.27. The molecule has 1 rings (SSSR count). The predicted octanol–water partition coefficient (Wildman–Crippen LogP) is 3.10. The van der Waals surface area contributed by atoms with Crippen LogP contribution in [0.25, 0.3) is 0 Å². The number of hydrogen-bond donors (Lipinski definition) is 1. The summed E-state index contributed by atoms with van der Waals surface area (Å²) in [6.45, 7) is 7.61. The lowest BCUT2D eigenvalue weighted by Crippen LogP contribution is -2.08. The third kappa shape index (κ3) is 6.00. The molecule has 18 heavy (non-hydrogen) atoms. The van der Waals surface area contributed by atoms with E-state index in [4.69, 9.17) is 4.74 Å². The largest absolute Gasteiger partial charge is 0.466 e. The fraction of sp³-hybridized carbons (Fsp3) is 0.692. The summed E-state index contributed by atoms with van der Waals surface area (Å²) in [4.78, 5) is 15.6. The van der Waals surface area contributed by atoms with Gasteiger partial charge in [-0.3, -0.25) is 4.79 Å². The molecule has 1 N–H and O–H groups in total. The number of thiazole rings is 1. The van der Waals surface area contributed by atoms with Gasteiger partial charge in [-0.15, -0.1) is 11.3 Å². The van der Waals surface area contributed by atoms with Crippen molar-refractivity contribution in [2.24, 2.45) is 5.92 Å². The van der Waals surface area contributed by atoms with Crippen LogP contribution in [0.5, 0.6) is 0 Å². The zero-order valence-corrected chi connectivity index (χ0v) is 12.2. The monoisotopic (exact) mass is 270 g/mol. The van der Waals surface area contributed by atoms with Crippen LogP contribution in [-0.2, 0) is 16.0 Å². The topological polar surface area (TPSA) is 51.2 Å². The Hall–Kier alpha value is -1.10. The first kappa shape index (κ1) is 15.0. The number of carbonyl (C=O) groups excluding carboxylic acids is 1. The number of ether oxygens (including phenoxy) is 1. The van der Waals surface area contributed by atoms with Gasteiger partial charge in [-0.05, 0) is 25.7 Å². The molecule has 0 spiro atoms. The Balaban J connectivity index is 2.27. The number of aromatic nitrogens is 1. The van der Waals surface area contributed by atoms with Crippen LogP contribution in [0.2, 0.25) is 0 Å². The standard InChI is InChI=1S/C13H22N2O2S/c1-4-17-12(16)8-11-9-18-13(15-11)14-7-5-6-10(2)3/h9-10H,4-8H2,1-3H3,(H,14,15). The van der Waals surface area contributed by atoms with Crippen LogP contribution in [0.15, 0.2) is 5.38 Å². The normalized spacial score (nSPS) is 10.7. The van der Waals surface area contributed by atoms with Gasteiger partial charge in [0.1, 0.15) is 0 Å². The van der Waals surface area contributed by atoms with E-state index in [2.05, 4.69) is 24.1 Å². The molecule has 0 aliphatic rings. The molecular formula is C13H22N2O2S. The molecule has 5 heteroatoms. The number of hydrogen-bond acceptors (Lipinski definition) is 5. The van der Waals surface area contributed by atoms with E-state index in [1.54, 1.807) is 6.92 Å². The van der Waals surface area contributed by atoms with E-state index in [0.717, 1.165) is 29.7 Å². The Morgan fingerprint density at radius 3 is 3.00 bits per heavy atom. The highest BCUT2D eigenvalue weighted by Crippen LogP contribution is 2.16. The maximum absolute atomic E-state index is 11.3. The second-order valence-electron chi connectivity index (χ2n) is 4.59. The van der Waals surface area contributed by atoms with Gasteiger partial charge in [0.05, 0.1) is 18.7 Å². The Morgan fingerprint density at radius 2 is 2.33 bits per heavy atom. The number of rotatable bonds is 8. The molecule has 102 valence electrons. The zero-order chi connectivity index (χ0) is 13.4. The second kappa shape index (κ2) is 8.08. The summed E-state index contributed by atoms with van der Waals surface area (Å²) in [5.74, 6) is 0.525. The molecule has 1 heterocycles. The SMILES string of the molecule is CCOC(=O)Cc1csc(NCCCC(C)C)n1. The summed E-state index contributed by atoms with van der Waals surface area (Å²) >= 11 is 1.54. The molecule has 4 nitrogen and oxygen atoms in total. The van der Waals surface area contributed by atoms with Crippen LogP contribution >= 0.6 is 11.3 Å². The third-order valence-electron chi connectivity index (χ3n) is 2.42. The van der Waals surface area contributed by atoms with E-state index in [-0.39, 0.29) is 12.4 Å². The van der Waals surface area contributed by atoms with E-state index in [9.17, 15) is 4.79 Å². The van der Waals surface area contributed by atoms with Gasteiger partial charge < -0.3 is 10.1 Å². The molecule has 0 atom stereocenters. The molecule has 0 amide bonds. The van der Waals surface area contributed by atoms with Crippen molar-refractivity contribution in [2.75, 3.05) is 18.5 Å². The lowest BCUT2D eigenvalue weighted by molar-refractivity contribution is -0.142. The van der Waals surface area contributed by atoms with Gasteiger partial charge in [-0.25, -0.2) is 4.98 Å². The molecule has 0 radical (unpaired) electrons. The maximum atomic E-state index is 11.3. The number of anilines is 1. The fourth-order valence-electron chi connectivity index (χ4n) is 1.53. The molecule has 0 fully saturated rings. The van der Waals surface area contributed by atoms with Crippen molar-refractivity contribution < 1.29 is 9.53 Å². The van der Waals surface area contributed by atoms with Crippen LogP contribution in [0.3, 0.4) is 0 Å². The van der Waals surface area contributed by atoms with Crippen molar-refractivity contribution in [1.82, 2.24) is 4.98 Å². The summed E-state index contributed by atoms with van der Waals surface area (Å²) in [6.07, 6.45) is 2.62. The minimum absolute atomic E-state index is 0.214. The average molecular weight is 270 g/mol. The van der Waals surface area contributed by atoms with Crippen molar-refractivity contribution >= 4 is 22.4 Å². The predicted molar refractivity (Wildman–Crippen MR) is 75.0 cm³/mol. The Bertz CT molecular complexity index is 364. The highest BCUT2D eigenvalue weighted by molar-refractivity contribution is 7.13. The summed E-state index contributed by atoms with van der Waals surface area (Å²) in [6, 6.07) is 0. The van der Waals surface area contributed by atoms with Gasteiger partial charge in [0, 0.05) is 11.9 Å². The lowest BCUT2D eigenvalue weighted by atomic mass is 10.1. The van der Waals surface area contributed by atoms with Crippen LogP contribution < -0.4 is 5.32 Å². The highest BCUT2D eigenvalue weighted by Gasteiger charge is 2.07. The van der Waals surface area contributed by atoms with E-state index in [1.807, 2.05) is 5.38 Å². The van der Waals surface area contributed by atoms with E-state index in [0.29, 0.717) is 6.61 Å². The first-order chi connectivity index (χ1) is 8.61. The molecule has 0 aromatic carbocycles. The van der Waals surface area contributed by atoms with Crippen molar-refractivity contribution in [3.05, 3.63) is 11.1 Å². The zero-order valence-electron chi connectivity index (χ0n) is 11.4. The molecule has 0 saturated heterocycles. The van der Waals surface area contributed by atoms with Crippen molar-refractivity contribution in [1.29, 1.82) is 0 Å². The van der Waals surface area contributed by atoms with Crippen LogP contribution in [0.4, 0.5) is 5.13 Å². The second-order valence-corrected chi connectivity index (χ2v) is 5.45. The van der Waals surface area contributed by atoms with Gasteiger partial charge in [-0.2, -0.15) is 0 Å².